The number of phenols is 1. The SMILES string of the molecule is C#Cc1c(F)ccc2cc(O)cc(-c3ncc4c(N5CC6CCC(C5)N6)nc(OCC56CCCN5CC(F)C6)nc4c3F)c12.CN1CCN(c2cc(C(=O)Nc3cc4cc(-c5cnn(C)c5)ccc4cn3)ccn2)CC1. The van der Waals surface area contributed by atoms with Crippen molar-refractivity contribution in [2.24, 2.45) is 7.05 Å². The summed E-state index contributed by atoms with van der Waals surface area (Å²) in [5.74, 6) is 2.50. The van der Waals surface area contributed by atoms with Crippen molar-refractivity contribution in [1.29, 1.82) is 0 Å². The third-order valence-electron chi connectivity index (χ3n) is 15.7. The normalized spacial score (nSPS) is 21.4. The van der Waals surface area contributed by atoms with Gasteiger partial charge in [-0.25, -0.2) is 23.1 Å². The zero-order valence-electron chi connectivity index (χ0n) is 42.2. The monoisotopic (exact) mass is 1030 g/mol. The fourth-order valence-corrected chi connectivity index (χ4v) is 11.8. The number of hydrogen-bond acceptors (Lipinski definition) is 14. The number of amides is 1. The minimum absolute atomic E-state index is 0.00778. The van der Waals surface area contributed by atoms with Gasteiger partial charge in [0.2, 0.25) is 0 Å². The number of piperazine rings is 2. The third kappa shape index (κ3) is 9.45. The van der Waals surface area contributed by atoms with Gasteiger partial charge in [0, 0.05) is 124 Å². The summed E-state index contributed by atoms with van der Waals surface area (Å²) < 4.78 is 53.9. The Morgan fingerprint density at radius 3 is 2.49 bits per heavy atom. The number of benzene rings is 3. The molecule has 16 nitrogen and oxygen atoms in total. The Bertz CT molecular complexity index is 3590. The first kappa shape index (κ1) is 49.0. The molecule has 0 saturated carbocycles. The van der Waals surface area contributed by atoms with Crippen LogP contribution in [0, 0.1) is 24.0 Å². The maximum absolute atomic E-state index is 16.7. The first-order valence-corrected chi connectivity index (χ1v) is 25.8. The molecule has 0 aliphatic carbocycles. The van der Waals surface area contributed by atoms with E-state index in [9.17, 15) is 18.7 Å². The number of nitrogens with zero attached hydrogens (tertiary/aromatic N) is 11. The maximum atomic E-state index is 16.7. The number of aromatic nitrogens is 7. The molecule has 2 bridgehead atoms. The average molecular weight is 1030 g/mol. The van der Waals surface area contributed by atoms with Crippen molar-refractivity contribution in [2.75, 3.05) is 81.1 Å². The molecule has 3 N–H and O–H groups in total. The number of rotatable bonds is 9. The average Bonchev–Trinajstić information content (AvgIpc) is 4.23. The van der Waals surface area contributed by atoms with Gasteiger partial charge in [0.05, 0.1) is 22.7 Å². The van der Waals surface area contributed by atoms with Gasteiger partial charge in [-0.15, -0.1) is 6.42 Å². The van der Waals surface area contributed by atoms with Gasteiger partial charge in [-0.05, 0) is 98.1 Å². The van der Waals surface area contributed by atoms with Gasteiger partial charge in [-0.2, -0.15) is 15.1 Å². The van der Waals surface area contributed by atoms with Gasteiger partial charge < -0.3 is 35.2 Å². The molecule has 4 atom stereocenters. The Morgan fingerprint density at radius 2 is 1.70 bits per heavy atom. The highest BCUT2D eigenvalue weighted by Gasteiger charge is 2.49. The van der Waals surface area contributed by atoms with E-state index in [0.29, 0.717) is 66.1 Å². The molecule has 8 aromatic rings. The number of pyridine rings is 3. The number of aryl methyl sites for hydroxylation is 1. The Balaban J connectivity index is 0.000000161. The summed E-state index contributed by atoms with van der Waals surface area (Å²) in [4.78, 5) is 44.4. The van der Waals surface area contributed by atoms with Crippen LogP contribution in [0.3, 0.4) is 0 Å². The highest BCUT2D eigenvalue weighted by molar-refractivity contribution is 6.05. The fraction of sp³-hybridized carbons (Fsp3) is 0.351. The van der Waals surface area contributed by atoms with E-state index in [0.717, 1.165) is 86.1 Å². The van der Waals surface area contributed by atoms with Gasteiger partial charge in [0.25, 0.3) is 5.91 Å². The smallest absolute Gasteiger partial charge is 0.319 e. The summed E-state index contributed by atoms with van der Waals surface area (Å²) in [5, 5.41) is 24.4. The maximum Gasteiger partial charge on any atom is 0.319 e. The standard InChI is InChI=1S/C33H31F3N6O2.C24H25N7O/c1-2-23-26(35)7-4-18-10-22(43)11-24(27(18)23)29-28(36)30-25(13-37-29)31(41-15-20-5-6-21(16-41)38-20)40-32(39-30)44-17-33-8-3-9-42(33)14-19(34)12-33;1-29-7-9-31(10-8-29)23-13-18(5-6-25-23)24(32)28-22-12-20-11-17(3-4-19(20)14-26-22)21-15-27-30(2)16-21/h1,4,7,10-11,13,19-21,38,43H,3,5-6,8-9,12,14-17H2;3-6,11-16H,7-10H2,1-2H3,(H,26,28,32). The van der Waals surface area contributed by atoms with Crippen LogP contribution >= 0.6 is 0 Å². The zero-order chi connectivity index (χ0) is 52.2. The van der Waals surface area contributed by atoms with Crippen molar-refractivity contribution in [1.82, 2.24) is 49.8 Å². The minimum atomic E-state index is -0.913. The van der Waals surface area contributed by atoms with Crippen molar-refractivity contribution in [3.05, 3.63) is 114 Å². The third-order valence-corrected chi connectivity index (χ3v) is 15.7. The van der Waals surface area contributed by atoms with Crippen LogP contribution in [-0.4, -0.2) is 145 Å². The second-order valence-corrected chi connectivity index (χ2v) is 20.8. The molecule has 4 unspecified atom stereocenters. The number of halogens is 3. The fourth-order valence-electron chi connectivity index (χ4n) is 11.8. The summed E-state index contributed by atoms with van der Waals surface area (Å²) >= 11 is 0. The molecule has 0 spiro atoms. The molecule has 0 radical (unpaired) electrons. The van der Waals surface area contributed by atoms with Crippen molar-refractivity contribution >= 4 is 55.8 Å². The van der Waals surface area contributed by atoms with Crippen LogP contribution in [0.1, 0.15) is 48.0 Å². The van der Waals surface area contributed by atoms with Crippen LogP contribution in [0.2, 0.25) is 0 Å². The second-order valence-electron chi connectivity index (χ2n) is 20.8. The van der Waals surface area contributed by atoms with E-state index in [1.165, 1.54) is 30.5 Å². The van der Waals surface area contributed by atoms with Crippen molar-refractivity contribution in [2.45, 2.75) is 55.9 Å². The molecule has 19 heteroatoms. The number of anilines is 3. The molecule has 388 valence electrons. The number of ether oxygens (including phenoxy) is 1. The number of terminal acetylenes is 1. The summed E-state index contributed by atoms with van der Waals surface area (Å²) in [5.41, 5.74) is 2.22. The Hall–Kier alpha value is -7.92. The Kier molecular flexibility index (Phi) is 12.9. The molecule has 5 fully saturated rings. The molecule has 3 aromatic carbocycles. The van der Waals surface area contributed by atoms with E-state index in [1.54, 1.807) is 23.1 Å². The van der Waals surface area contributed by atoms with Crippen LogP contribution in [0.15, 0.2) is 91.6 Å². The van der Waals surface area contributed by atoms with Crippen LogP contribution in [0.4, 0.5) is 30.6 Å². The van der Waals surface area contributed by atoms with Gasteiger partial charge in [0.1, 0.15) is 53.0 Å². The number of hydrogen-bond donors (Lipinski definition) is 3. The lowest BCUT2D eigenvalue weighted by atomic mass is 9.95. The first-order chi connectivity index (χ1) is 36.9. The van der Waals surface area contributed by atoms with Crippen LogP contribution < -0.4 is 25.2 Å². The summed E-state index contributed by atoms with van der Waals surface area (Å²) in [6.45, 7) is 6.56. The molecule has 13 rings (SSSR count). The molecule has 10 heterocycles. The Morgan fingerprint density at radius 1 is 0.882 bits per heavy atom. The van der Waals surface area contributed by atoms with E-state index >= 15 is 4.39 Å². The lowest BCUT2D eigenvalue weighted by Gasteiger charge is -2.34. The summed E-state index contributed by atoms with van der Waals surface area (Å²) in [6.07, 6.45) is 17.8. The number of aromatic hydroxyl groups is 1. The molecular formula is C57H56F3N13O3. The van der Waals surface area contributed by atoms with Gasteiger partial charge in [0.15, 0.2) is 5.82 Å². The van der Waals surface area contributed by atoms with Crippen molar-refractivity contribution < 1.29 is 27.8 Å². The predicted octanol–water partition coefficient (Wildman–Crippen LogP) is 7.74. The number of phenolic OH excluding ortho intramolecular Hbond substituents is 1. The summed E-state index contributed by atoms with van der Waals surface area (Å²) in [7, 11) is 4.02. The topological polar surface area (TPSA) is 166 Å². The quantitative estimate of drug-likeness (QED) is 0.120. The van der Waals surface area contributed by atoms with E-state index in [1.807, 2.05) is 37.6 Å². The van der Waals surface area contributed by atoms with Crippen LogP contribution in [-0.2, 0) is 7.05 Å². The molecule has 5 saturated heterocycles. The first-order valence-electron chi connectivity index (χ1n) is 25.8. The van der Waals surface area contributed by atoms with Crippen LogP contribution in [0.25, 0.3) is 54.8 Å². The number of nitrogens with one attached hydrogen (secondary N) is 2. The minimum Gasteiger partial charge on any atom is -0.508 e. The molecule has 1 amide bonds. The molecule has 5 aliphatic rings. The highest BCUT2D eigenvalue weighted by Crippen LogP contribution is 2.42. The summed E-state index contributed by atoms with van der Waals surface area (Å²) in [6, 6.07) is 17.7. The molecule has 5 aliphatic heterocycles. The lowest BCUT2D eigenvalue weighted by molar-refractivity contribution is 0.102. The van der Waals surface area contributed by atoms with E-state index < -0.39 is 23.3 Å². The second kappa shape index (κ2) is 20.0. The number of carbonyl (C=O) groups is 1. The van der Waals surface area contributed by atoms with E-state index in [-0.39, 0.29) is 52.0 Å². The van der Waals surface area contributed by atoms with Gasteiger partial charge in [-0.3, -0.25) is 19.4 Å². The van der Waals surface area contributed by atoms with Crippen molar-refractivity contribution in [3.63, 3.8) is 0 Å². The van der Waals surface area contributed by atoms with Gasteiger partial charge >= 0.3 is 6.01 Å². The highest BCUT2D eigenvalue weighted by atomic mass is 19.1. The zero-order valence-corrected chi connectivity index (χ0v) is 42.2. The number of alkyl halides is 1. The predicted molar refractivity (Wildman–Crippen MR) is 286 cm³/mol. The Labute approximate surface area is 436 Å². The largest absolute Gasteiger partial charge is 0.508 e. The van der Waals surface area contributed by atoms with E-state index in [2.05, 4.69) is 80.4 Å². The number of fused-ring (bicyclic) bond motifs is 6. The van der Waals surface area contributed by atoms with Crippen LogP contribution in [0.5, 0.6) is 11.8 Å². The van der Waals surface area contributed by atoms with E-state index in [4.69, 9.17) is 16.1 Å². The number of carbonyl (C=O) groups excluding carboxylic acids is 1. The molecule has 76 heavy (non-hydrogen) atoms. The van der Waals surface area contributed by atoms with Crippen molar-refractivity contribution in [3.8, 4) is 46.5 Å². The molecule has 5 aromatic heterocycles. The lowest BCUT2D eigenvalue weighted by Crippen LogP contribution is -2.51. The van der Waals surface area contributed by atoms with Gasteiger partial charge in [-0.1, -0.05) is 24.1 Å². The number of likely N-dealkylation sites (N-methyl/N-ethyl adjacent to an activating group) is 1. The molecular weight excluding hydrogens is 972 g/mol.